The Morgan fingerprint density at radius 1 is 1.04 bits per heavy atom. The van der Waals surface area contributed by atoms with Crippen LogP contribution in [0, 0.1) is 5.82 Å². The molecular formula is C21H22FN3. The van der Waals surface area contributed by atoms with Crippen molar-refractivity contribution < 1.29 is 4.39 Å². The first-order valence-corrected chi connectivity index (χ1v) is 8.34. The van der Waals surface area contributed by atoms with Crippen molar-refractivity contribution in [1.29, 1.82) is 0 Å². The van der Waals surface area contributed by atoms with Crippen molar-refractivity contribution in [2.45, 2.75) is 0 Å². The van der Waals surface area contributed by atoms with Gasteiger partial charge in [0.25, 0.3) is 0 Å². The van der Waals surface area contributed by atoms with Gasteiger partial charge in [0.15, 0.2) is 0 Å². The van der Waals surface area contributed by atoms with Crippen molar-refractivity contribution in [1.82, 2.24) is 9.88 Å². The van der Waals surface area contributed by atoms with E-state index in [2.05, 4.69) is 36.4 Å². The van der Waals surface area contributed by atoms with E-state index in [-0.39, 0.29) is 5.82 Å². The van der Waals surface area contributed by atoms with Crippen LogP contribution in [-0.4, -0.2) is 37.1 Å². The van der Waals surface area contributed by atoms with Gasteiger partial charge in [0.05, 0.1) is 11.2 Å². The minimum Gasteiger partial charge on any atom is -0.383 e. The fourth-order valence-corrected chi connectivity index (χ4v) is 2.60. The van der Waals surface area contributed by atoms with Gasteiger partial charge in [-0.1, -0.05) is 36.4 Å². The highest BCUT2D eigenvalue weighted by Gasteiger charge is 2.04. The molecule has 0 atom stereocenters. The minimum atomic E-state index is -0.228. The highest BCUT2D eigenvalue weighted by Crippen LogP contribution is 2.24. The average molecular weight is 335 g/mol. The number of hydrogen-bond acceptors (Lipinski definition) is 3. The van der Waals surface area contributed by atoms with E-state index in [1.54, 1.807) is 12.1 Å². The Morgan fingerprint density at radius 3 is 2.56 bits per heavy atom. The van der Waals surface area contributed by atoms with Crippen LogP contribution in [0.3, 0.4) is 0 Å². The predicted octanol–water partition coefficient (Wildman–Crippen LogP) is 4.52. The zero-order chi connectivity index (χ0) is 17.6. The number of halogens is 1. The summed E-state index contributed by atoms with van der Waals surface area (Å²) in [5, 5.41) is 4.61. The lowest BCUT2D eigenvalue weighted by Crippen LogP contribution is -2.20. The number of fused-ring (bicyclic) bond motifs is 1. The number of pyridine rings is 1. The summed E-state index contributed by atoms with van der Waals surface area (Å²) in [6.45, 7) is 1.82. The number of hydrogen-bond donors (Lipinski definition) is 1. The summed E-state index contributed by atoms with van der Waals surface area (Å²) in [6, 6.07) is 16.6. The van der Waals surface area contributed by atoms with Gasteiger partial charge < -0.3 is 10.2 Å². The van der Waals surface area contributed by atoms with Gasteiger partial charge in [-0.15, -0.1) is 0 Å². The first kappa shape index (κ1) is 17.1. The quantitative estimate of drug-likeness (QED) is 0.718. The van der Waals surface area contributed by atoms with Gasteiger partial charge in [-0.2, -0.15) is 0 Å². The Hall–Kier alpha value is -2.72. The molecule has 0 saturated carbocycles. The molecule has 25 heavy (non-hydrogen) atoms. The number of anilines is 1. The maximum absolute atomic E-state index is 13.0. The van der Waals surface area contributed by atoms with E-state index in [9.17, 15) is 4.39 Å². The minimum absolute atomic E-state index is 0.228. The molecule has 0 amide bonds. The maximum Gasteiger partial charge on any atom is 0.123 e. The van der Waals surface area contributed by atoms with Crippen LogP contribution in [0.2, 0.25) is 0 Å². The van der Waals surface area contributed by atoms with E-state index < -0.39 is 0 Å². The molecule has 4 heteroatoms. The topological polar surface area (TPSA) is 28.2 Å². The fraction of sp³-hybridized carbons (Fsp3) is 0.190. The highest BCUT2D eigenvalue weighted by molar-refractivity contribution is 5.92. The Balaban J connectivity index is 1.88. The van der Waals surface area contributed by atoms with Crippen LogP contribution in [0.4, 0.5) is 10.1 Å². The normalized spacial score (nSPS) is 11.5. The van der Waals surface area contributed by atoms with Crippen LogP contribution in [-0.2, 0) is 0 Å². The lowest BCUT2D eigenvalue weighted by molar-refractivity contribution is 0.425. The molecule has 1 aromatic heterocycles. The molecule has 0 aliphatic rings. The molecule has 0 spiro atoms. The second kappa shape index (κ2) is 7.90. The Bertz CT molecular complexity index is 870. The van der Waals surface area contributed by atoms with Gasteiger partial charge in [-0.25, -0.2) is 9.37 Å². The molecule has 1 N–H and O–H groups in total. The van der Waals surface area contributed by atoms with Crippen molar-refractivity contribution in [2.24, 2.45) is 0 Å². The van der Waals surface area contributed by atoms with E-state index in [4.69, 9.17) is 4.98 Å². The van der Waals surface area contributed by atoms with Gasteiger partial charge >= 0.3 is 0 Å². The molecule has 0 aliphatic heterocycles. The van der Waals surface area contributed by atoms with Gasteiger partial charge in [0, 0.05) is 24.2 Å². The van der Waals surface area contributed by atoms with Gasteiger partial charge in [0.2, 0.25) is 0 Å². The molecule has 0 fully saturated rings. The summed E-state index contributed by atoms with van der Waals surface area (Å²) < 4.78 is 13.0. The fourth-order valence-electron chi connectivity index (χ4n) is 2.60. The third kappa shape index (κ3) is 4.64. The van der Waals surface area contributed by atoms with Crippen molar-refractivity contribution in [2.75, 3.05) is 32.5 Å². The summed E-state index contributed by atoms with van der Waals surface area (Å²) in [4.78, 5) is 6.84. The smallest absolute Gasteiger partial charge is 0.123 e. The van der Waals surface area contributed by atoms with E-state index in [1.807, 2.05) is 30.4 Å². The second-order valence-electron chi connectivity index (χ2n) is 6.23. The van der Waals surface area contributed by atoms with Crippen molar-refractivity contribution in [3.05, 3.63) is 71.7 Å². The van der Waals surface area contributed by atoms with Crippen LogP contribution >= 0.6 is 0 Å². The number of rotatable bonds is 6. The molecule has 0 unspecified atom stereocenters. The van der Waals surface area contributed by atoms with Crippen LogP contribution < -0.4 is 5.32 Å². The summed E-state index contributed by atoms with van der Waals surface area (Å²) in [6.07, 6.45) is 3.90. The molecule has 3 nitrogen and oxygen atoms in total. The number of likely N-dealkylation sites (N-methyl/N-ethyl adjacent to an activating group) is 1. The number of benzene rings is 2. The molecule has 3 aromatic rings. The Kier molecular flexibility index (Phi) is 5.41. The summed E-state index contributed by atoms with van der Waals surface area (Å²) in [7, 11) is 4.12. The second-order valence-corrected chi connectivity index (χ2v) is 6.23. The molecule has 0 saturated heterocycles. The van der Waals surface area contributed by atoms with Crippen molar-refractivity contribution in [3.8, 4) is 0 Å². The van der Waals surface area contributed by atoms with Crippen LogP contribution in [0.25, 0.3) is 23.1 Å². The molecule has 3 rings (SSSR count). The van der Waals surface area contributed by atoms with E-state index in [0.29, 0.717) is 0 Å². The Labute approximate surface area is 147 Å². The van der Waals surface area contributed by atoms with E-state index in [1.165, 1.54) is 12.1 Å². The zero-order valence-corrected chi connectivity index (χ0v) is 14.5. The molecule has 1 heterocycles. The molecule has 0 aliphatic carbocycles. The summed E-state index contributed by atoms with van der Waals surface area (Å²) in [5.41, 5.74) is 3.84. The van der Waals surface area contributed by atoms with E-state index >= 15 is 0 Å². The van der Waals surface area contributed by atoms with Crippen LogP contribution in [0.5, 0.6) is 0 Å². The number of para-hydroxylation sites is 1. The molecule has 2 aromatic carbocycles. The number of nitrogens with zero attached hydrogens (tertiary/aromatic N) is 2. The summed E-state index contributed by atoms with van der Waals surface area (Å²) in [5.74, 6) is -0.228. The lowest BCUT2D eigenvalue weighted by atomic mass is 10.1. The first-order valence-electron chi connectivity index (χ1n) is 8.34. The predicted molar refractivity (Wildman–Crippen MR) is 104 cm³/mol. The third-order valence-corrected chi connectivity index (χ3v) is 3.93. The van der Waals surface area contributed by atoms with Gasteiger partial charge in [0.1, 0.15) is 5.82 Å². The Morgan fingerprint density at radius 2 is 1.80 bits per heavy atom. The largest absolute Gasteiger partial charge is 0.383 e. The van der Waals surface area contributed by atoms with Crippen LogP contribution in [0.1, 0.15) is 11.3 Å². The maximum atomic E-state index is 13.0. The van der Waals surface area contributed by atoms with E-state index in [0.717, 1.165) is 40.9 Å². The summed E-state index contributed by atoms with van der Waals surface area (Å²) >= 11 is 0. The number of nitrogens with one attached hydrogen (secondary N) is 1. The van der Waals surface area contributed by atoms with Crippen molar-refractivity contribution in [3.63, 3.8) is 0 Å². The van der Waals surface area contributed by atoms with Crippen molar-refractivity contribution >= 4 is 28.7 Å². The lowest BCUT2D eigenvalue weighted by Gasteiger charge is -2.13. The standard InChI is InChI=1S/C21H22FN3/c1-25(2)14-13-23-21-15-18(24-20-6-4-3-5-19(20)21)12-9-16-7-10-17(22)11-8-16/h3-12,15H,13-14H2,1-2H3,(H,23,24)/b12-9+. The van der Waals surface area contributed by atoms with Gasteiger partial charge in [-0.3, -0.25) is 0 Å². The molecule has 0 radical (unpaired) electrons. The highest BCUT2D eigenvalue weighted by atomic mass is 19.1. The van der Waals surface area contributed by atoms with Crippen LogP contribution in [0.15, 0.2) is 54.6 Å². The third-order valence-electron chi connectivity index (χ3n) is 3.93. The molecule has 128 valence electrons. The first-order chi connectivity index (χ1) is 12.1. The van der Waals surface area contributed by atoms with Gasteiger partial charge in [-0.05, 0) is 50.0 Å². The molecular weight excluding hydrogens is 313 g/mol. The SMILES string of the molecule is CN(C)CCNc1cc(/C=C/c2ccc(F)cc2)nc2ccccc12. The molecule has 0 bridgehead atoms. The average Bonchev–Trinajstić information content (AvgIpc) is 2.61. The zero-order valence-electron chi connectivity index (χ0n) is 14.5. The monoisotopic (exact) mass is 335 g/mol. The number of aromatic nitrogens is 1.